The number of nitrogens with zero attached hydrogens (tertiary/aromatic N) is 1. The molecule has 1 aromatic heterocycles. The van der Waals surface area contributed by atoms with E-state index >= 15 is 0 Å². The molecule has 2 aromatic carbocycles. The van der Waals surface area contributed by atoms with E-state index in [0.29, 0.717) is 17.3 Å². The monoisotopic (exact) mass is 284 g/mol. The Kier molecular flexibility index (Phi) is 3.44. The lowest BCUT2D eigenvalue weighted by Gasteiger charge is -2.10. The van der Waals surface area contributed by atoms with E-state index in [1.807, 2.05) is 36.4 Å². The quantitative estimate of drug-likeness (QED) is 0.738. The lowest BCUT2D eigenvalue weighted by atomic mass is 10.2. The Bertz CT molecular complexity index is 753. The Labute approximate surface area is 122 Å². The summed E-state index contributed by atoms with van der Waals surface area (Å²) >= 11 is 5.97. The van der Waals surface area contributed by atoms with Gasteiger partial charge in [-0.1, -0.05) is 29.8 Å². The van der Waals surface area contributed by atoms with Crippen LogP contribution in [0.2, 0.25) is 5.02 Å². The van der Waals surface area contributed by atoms with Crippen LogP contribution in [0.1, 0.15) is 5.56 Å². The predicted molar refractivity (Wildman–Crippen MR) is 81.9 cm³/mol. The highest BCUT2D eigenvalue weighted by molar-refractivity contribution is 6.30. The molecule has 3 aromatic rings. The summed E-state index contributed by atoms with van der Waals surface area (Å²) in [7, 11) is 0. The van der Waals surface area contributed by atoms with Crippen molar-refractivity contribution in [2.45, 2.75) is 6.61 Å². The van der Waals surface area contributed by atoms with Gasteiger partial charge in [0.1, 0.15) is 17.9 Å². The molecule has 100 valence electrons. The number of hydrogen-bond donors (Lipinski definition) is 1. The van der Waals surface area contributed by atoms with Crippen molar-refractivity contribution in [3.05, 3.63) is 65.3 Å². The number of halogens is 1. The third kappa shape index (κ3) is 2.53. The Hall–Kier alpha value is -2.26. The van der Waals surface area contributed by atoms with Crippen molar-refractivity contribution in [1.82, 2.24) is 4.98 Å². The minimum atomic E-state index is 0.363. The number of benzene rings is 2. The second kappa shape index (κ2) is 5.39. The molecule has 0 aliphatic carbocycles. The van der Waals surface area contributed by atoms with Crippen LogP contribution < -0.4 is 10.5 Å². The fourth-order valence-electron chi connectivity index (χ4n) is 2.05. The molecule has 0 fully saturated rings. The van der Waals surface area contributed by atoms with Gasteiger partial charge in [0.2, 0.25) is 0 Å². The van der Waals surface area contributed by atoms with Crippen molar-refractivity contribution in [1.29, 1.82) is 0 Å². The van der Waals surface area contributed by atoms with Crippen molar-refractivity contribution in [2.75, 3.05) is 5.73 Å². The van der Waals surface area contributed by atoms with E-state index in [9.17, 15) is 0 Å². The van der Waals surface area contributed by atoms with Gasteiger partial charge in [0.05, 0.1) is 0 Å². The van der Waals surface area contributed by atoms with Crippen LogP contribution in [-0.2, 0) is 6.61 Å². The van der Waals surface area contributed by atoms with E-state index in [-0.39, 0.29) is 0 Å². The van der Waals surface area contributed by atoms with Gasteiger partial charge < -0.3 is 10.5 Å². The standard InChI is InChI=1S/C16H13ClN2O/c17-13-6-7-14(18)12(9-13)10-20-15-5-1-3-11-4-2-8-19-16(11)15/h1-9H,10,18H2. The van der Waals surface area contributed by atoms with Crippen molar-refractivity contribution >= 4 is 28.2 Å². The molecule has 0 bridgehead atoms. The number of fused-ring (bicyclic) bond motifs is 1. The number of para-hydroxylation sites is 1. The van der Waals surface area contributed by atoms with Crippen LogP contribution in [-0.4, -0.2) is 4.98 Å². The summed E-state index contributed by atoms with van der Waals surface area (Å²) in [5.41, 5.74) is 8.29. The van der Waals surface area contributed by atoms with E-state index in [0.717, 1.165) is 22.2 Å². The maximum absolute atomic E-state index is 5.97. The largest absolute Gasteiger partial charge is 0.487 e. The molecule has 0 amide bonds. The average molecular weight is 285 g/mol. The molecule has 0 unspecified atom stereocenters. The molecule has 20 heavy (non-hydrogen) atoms. The number of ether oxygens (including phenoxy) is 1. The normalized spacial score (nSPS) is 10.7. The fourth-order valence-corrected chi connectivity index (χ4v) is 2.24. The van der Waals surface area contributed by atoms with Gasteiger partial charge in [-0.3, -0.25) is 4.98 Å². The van der Waals surface area contributed by atoms with Crippen LogP contribution in [0, 0.1) is 0 Å². The van der Waals surface area contributed by atoms with Crippen LogP contribution in [0.25, 0.3) is 10.9 Å². The molecule has 1 heterocycles. The fraction of sp³-hybridized carbons (Fsp3) is 0.0625. The Balaban J connectivity index is 1.89. The molecule has 2 N–H and O–H groups in total. The zero-order valence-corrected chi connectivity index (χ0v) is 11.5. The number of pyridine rings is 1. The van der Waals surface area contributed by atoms with E-state index in [2.05, 4.69) is 4.98 Å². The molecule has 3 rings (SSSR count). The first-order valence-corrected chi connectivity index (χ1v) is 6.62. The molecule has 0 aliphatic heterocycles. The lowest BCUT2D eigenvalue weighted by molar-refractivity contribution is 0.310. The zero-order chi connectivity index (χ0) is 13.9. The van der Waals surface area contributed by atoms with E-state index in [4.69, 9.17) is 22.1 Å². The van der Waals surface area contributed by atoms with Crippen LogP contribution in [0.5, 0.6) is 5.75 Å². The van der Waals surface area contributed by atoms with Crippen molar-refractivity contribution in [3.63, 3.8) is 0 Å². The highest BCUT2D eigenvalue weighted by atomic mass is 35.5. The molecule has 0 saturated heterocycles. The summed E-state index contributed by atoms with van der Waals surface area (Å²) in [6, 6.07) is 15.1. The third-order valence-electron chi connectivity index (χ3n) is 3.08. The minimum Gasteiger partial charge on any atom is -0.487 e. The topological polar surface area (TPSA) is 48.1 Å². The number of hydrogen-bond acceptors (Lipinski definition) is 3. The second-order valence-electron chi connectivity index (χ2n) is 4.46. The summed E-state index contributed by atoms with van der Waals surface area (Å²) in [5, 5.41) is 1.69. The number of anilines is 1. The van der Waals surface area contributed by atoms with Gasteiger partial charge in [0.15, 0.2) is 0 Å². The maximum atomic E-state index is 5.97. The first-order chi connectivity index (χ1) is 9.74. The zero-order valence-electron chi connectivity index (χ0n) is 10.7. The van der Waals surface area contributed by atoms with Crippen molar-refractivity contribution in [2.24, 2.45) is 0 Å². The van der Waals surface area contributed by atoms with Crippen LogP contribution in [0.15, 0.2) is 54.7 Å². The molecule has 0 saturated carbocycles. The van der Waals surface area contributed by atoms with Crippen LogP contribution in [0.4, 0.5) is 5.69 Å². The summed E-state index contributed by atoms with van der Waals surface area (Å²) < 4.78 is 5.84. The summed E-state index contributed by atoms with van der Waals surface area (Å²) in [4.78, 5) is 4.35. The average Bonchev–Trinajstić information content (AvgIpc) is 2.48. The van der Waals surface area contributed by atoms with Crippen molar-refractivity contribution in [3.8, 4) is 5.75 Å². The molecule has 0 aliphatic rings. The van der Waals surface area contributed by atoms with E-state index < -0.39 is 0 Å². The van der Waals surface area contributed by atoms with Gasteiger partial charge in [-0.05, 0) is 30.3 Å². The van der Waals surface area contributed by atoms with Gasteiger partial charge >= 0.3 is 0 Å². The predicted octanol–water partition coefficient (Wildman–Crippen LogP) is 4.05. The minimum absolute atomic E-state index is 0.363. The van der Waals surface area contributed by atoms with Gasteiger partial charge in [-0.2, -0.15) is 0 Å². The Morgan fingerprint density at radius 1 is 1.10 bits per heavy atom. The Morgan fingerprint density at radius 2 is 1.95 bits per heavy atom. The van der Waals surface area contributed by atoms with Crippen LogP contribution >= 0.6 is 11.6 Å². The third-order valence-corrected chi connectivity index (χ3v) is 3.32. The number of rotatable bonds is 3. The first-order valence-electron chi connectivity index (χ1n) is 6.24. The molecular weight excluding hydrogens is 272 g/mol. The Morgan fingerprint density at radius 3 is 2.85 bits per heavy atom. The van der Waals surface area contributed by atoms with E-state index in [1.54, 1.807) is 18.3 Å². The second-order valence-corrected chi connectivity index (χ2v) is 4.90. The molecule has 4 heteroatoms. The van der Waals surface area contributed by atoms with Crippen LogP contribution in [0.3, 0.4) is 0 Å². The SMILES string of the molecule is Nc1ccc(Cl)cc1COc1cccc2cccnc12. The van der Waals surface area contributed by atoms with E-state index in [1.165, 1.54) is 0 Å². The molecule has 0 radical (unpaired) electrons. The van der Waals surface area contributed by atoms with Gasteiger partial charge in [-0.25, -0.2) is 0 Å². The lowest BCUT2D eigenvalue weighted by Crippen LogP contribution is -2.00. The molecule has 0 atom stereocenters. The summed E-state index contributed by atoms with van der Waals surface area (Å²) in [5.74, 6) is 0.738. The highest BCUT2D eigenvalue weighted by Crippen LogP contribution is 2.25. The maximum Gasteiger partial charge on any atom is 0.146 e. The smallest absolute Gasteiger partial charge is 0.146 e. The van der Waals surface area contributed by atoms with Gasteiger partial charge in [-0.15, -0.1) is 0 Å². The number of nitrogens with two attached hydrogens (primary N) is 1. The number of aromatic nitrogens is 1. The molecule has 3 nitrogen and oxygen atoms in total. The van der Waals surface area contributed by atoms with Gasteiger partial charge in [0, 0.05) is 27.9 Å². The van der Waals surface area contributed by atoms with Crippen molar-refractivity contribution < 1.29 is 4.74 Å². The molecule has 0 spiro atoms. The summed E-state index contributed by atoms with van der Waals surface area (Å²) in [6.07, 6.45) is 1.75. The van der Waals surface area contributed by atoms with Gasteiger partial charge in [0.25, 0.3) is 0 Å². The molecular formula is C16H13ClN2O. The highest BCUT2D eigenvalue weighted by Gasteiger charge is 2.05. The number of nitrogen functional groups attached to an aromatic ring is 1. The summed E-state index contributed by atoms with van der Waals surface area (Å²) in [6.45, 7) is 0.363. The first kappa shape index (κ1) is 12.8.